The lowest BCUT2D eigenvalue weighted by Crippen LogP contribution is -2.35. The summed E-state index contributed by atoms with van der Waals surface area (Å²) in [6.07, 6.45) is 9.20. The minimum atomic E-state index is 0.636. The average Bonchev–Trinajstić information content (AvgIpc) is 2.40. The van der Waals surface area contributed by atoms with Crippen LogP contribution in [0.3, 0.4) is 0 Å². The first-order chi connectivity index (χ1) is 9.81. The highest BCUT2D eigenvalue weighted by molar-refractivity contribution is 5.37. The van der Waals surface area contributed by atoms with Gasteiger partial charge in [0.1, 0.15) is 5.75 Å². The molecular weight excluding hydrogens is 246 g/mol. The van der Waals surface area contributed by atoms with Crippen LogP contribution in [-0.4, -0.2) is 19.2 Å². The van der Waals surface area contributed by atoms with Crippen molar-refractivity contribution < 1.29 is 4.74 Å². The first-order valence-corrected chi connectivity index (χ1v) is 8.27. The van der Waals surface area contributed by atoms with Crippen molar-refractivity contribution in [2.45, 2.75) is 57.9 Å². The van der Waals surface area contributed by atoms with Crippen molar-refractivity contribution in [3.05, 3.63) is 29.3 Å². The maximum absolute atomic E-state index is 6.11. The molecule has 1 heterocycles. The van der Waals surface area contributed by atoms with E-state index in [9.17, 15) is 0 Å². The van der Waals surface area contributed by atoms with Gasteiger partial charge in [0.05, 0.1) is 6.61 Å². The Bertz CT molecular complexity index is 433. The summed E-state index contributed by atoms with van der Waals surface area (Å²) in [5, 5.41) is 3.65. The van der Waals surface area contributed by atoms with Gasteiger partial charge in [0.2, 0.25) is 0 Å². The van der Waals surface area contributed by atoms with Crippen LogP contribution in [0.1, 0.15) is 49.7 Å². The van der Waals surface area contributed by atoms with Crippen molar-refractivity contribution in [3.63, 3.8) is 0 Å². The van der Waals surface area contributed by atoms with Gasteiger partial charge in [-0.1, -0.05) is 30.5 Å². The number of piperidine rings is 1. The number of ether oxygens (including phenoxy) is 1. The van der Waals surface area contributed by atoms with Crippen LogP contribution in [0.5, 0.6) is 5.75 Å². The zero-order chi connectivity index (χ0) is 13.8. The van der Waals surface area contributed by atoms with Gasteiger partial charge in [0.15, 0.2) is 0 Å². The molecule has 1 saturated carbocycles. The van der Waals surface area contributed by atoms with E-state index in [0.29, 0.717) is 6.04 Å². The number of hydrogen-bond acceptors (Lipinski definition) is 2. The molecule has 1 saturated heterocycles. The standard InChI is InChI=1S/C18H27NO/c1-14-8-9-18(20-13-15-5-4-6-15)16(11-14)12-17-7-2-3-10-19-17/h8-9,11,15,17,19H,2-7,10,12-13H2,1H3. The van der Waals surface area contributed by atoms with E-state index in [0.717, 1.165) is 24.7 Å². The molecule has 3 rings (SSSR count). The average molecular weight is 273 g/mol. The fourth-order valence-electron chi connectivity index (χ4n) is 3.24. The monoisotopic (exact) mass is 273 g/mol. The second kappa shape index (κ2) is 6.62. The predicted molar refractivity (Wildman–Crippen MR) is 83.4 cm³/mol. The summed E-state index contributed by atoms with van der Waals surface area (Å²) < 4.78 is 6.11. The third kappa shape index (κ3) is 3.54. The lowest BCUT2D eigenvalue weighted by atomic mass is 9.86. The molecule has 1 atom stereocenters. The van der Waals surface area contributed by atoms with Gasteiger partial charge in [-0.05, 0) is 63.1 Å². The van der Waals surface area contributed by atoms with Crippen molar-refractivity contribution in [2.24, 2.45) is 5.92 Å². The Hall–Kier alpha value is -1.02. The fourth-order valence-corrected chi connectivity index (χ4v) is 3.24. The number of aryl methyl sites for hydroxylation is 1. The third-order valence-corrected chi connectivity index (χ3v) is 4.79. The largest absolute Gasteiger partial charge is 0.493 e. The van der Waals surface area contributed by atoms with Crippen molar-refractivity contribution in [2.75, 3.05) is 13.2 Å². The van der Waals surface area contributed by atoms with Crippen LogP contribution in [-0.2, 0) is 6.42 Å². The van der Waals surface area contributed by atoms with Crippen molar-refractivity contribution >= 4 is 0 Å². The molecule has 0 aromatic heterocycles. The van der Waals surface area contributed by atoms with E-state index in [-0.39, 0.29) is 0 Å². The minimum Gasteiger partial charge on any atom is -0.493 e. The van der Waals surface area contributed by atoms with Gasteiger partial charge in [0, 0.05) is 6.04 Å². The second-order valence-electron chi connectivity index (χ2n) is 6.57. The Kier molecular flexibility index (Phi) is 4.62. The van der Waals surface area contributed by atoms with Gasteiger partial charge in [0.25, 0.3) is 0 Å². The van der Waals surface area contributed by atoms with E-state index in [4.69, 9.17) is 4.74 Å². The first kappa shape index (κ1) is 13.9. The predicted octanol–water partition coefficient (Wildman–Crippen LogP) is 3.86. The van der Waals surface area contributed by atoms with Crippen molar-refractivity contribution in [3.8, 4) is 5.75 Å². The van der Waals surface area contributed by atoms with Crippen LogP contribution < -0.4 is 10.1 Å². The molecular formula is C18H27NO. The van der Waals surface area contributed by atoms with Crippen LogP contribution in [0.2, 0.25) is 0 Å². The Morgan fingerprint density at radius 3 is 2.75 bits per heavy atom. The molecule has 2 nitrogen and oxygen atoms in total. The number of benzene rings is 1. The summed E-state index contributed by atoms with van der Waals surface area (Å²) in [6.45, 7) is 4.26. The maximum Gasteiger partial charge on any atom is 0.122 e. The van der Waals surface area contributed by atoms with E-state index in [1.807, 2.05) is 0 Å². The highest BCUT2D eigenvalue weighted by atomic mass is 16.5. The molecule has 2 fully saturated rings. The molecule has 1 aromatic carbocycles. The van der Waals surface area contributed by atoms with E-state index in [2.05, 4.69) is 30.4 Å². The van der Waals surface area contributed by atoms with Crippen molar-refractivity contribution in [1.29, 1.82) is 0 Å². The zero-order valence-electron chi connectivity index (χ0n) is 12.7. The molecule has 110 valence electrons. The van der Waals surface area contributed by atoms with Gasteiger partial charge in [-0.2, -0.15) is 0 Å². The molecule has 0 spiro atoms. The minimum absolute atomic E-state index is 0.636. The van der Waals surface area contributed by atoms with Crippen LogP contribution in [0.4, 0.5) is 0 Å². The molecule has 1 aliphatic heterocycles. The summed E-state index contributed by atoms with van der Waals surface area (Å²) in [6, 6.07) is 7.29. The van der Waals surface area contributed by atoms with E-state index >= 15 is 0 Å². The molecule has 2 aliphatic rings. The second-order valence-corrected chi connectivity index (χ2v) is 6.57. The van der Waals surface area contributed by atoms with E-state index < -0.39 is 0 Å². The number of hydrogen-bond donors (Lipinski definition) is 1. The lowest BCUT2D eigenvalue weighted by molar-refractivity contribution is 0.179. The highest BCUT2D eigenvalue weighted by Gasteiger charge is 2.19. The Morgan fingerprint density at radius 2 is 2.05 bits per heavy atom. The Labute approximate surface area is 122 Å². The molecule has 1 aliphatic carbocycles. The topological polar surface area (TPSA) is 21.3 Å². The quantitative estimate of drug-likeness (QED) is 0.879. The SMILES string of the molecule is Cc1ccc(OCC2CCC2)c(CC2CCCCN2)c1. The molecule has 1 N–H and O–H groups in total. The smallest absolute Gasteiger partial charge is 0.122 e. The molecule has 0 amide bonds. The summed E-state index contributed by atoms with van der Waals surface area (Å²) in [5.41, 5.74) is 2.73. The molecule has 0 bridgehead atoms. The first-order valence-electron chi connectivity index (χ1n) is 8.27. The van der Waals surface area contributed by atoms with Crippen LogP contribution in [0.15, 0.2) is 18.2 Å². The van der Waals surface area contributed by atoms with Crippen molar-refractivity contribution in [1.82, 2.24) is 5.32 Å². The highest BCUT2D eigenvalue weighted by Crippen LogP contribution is 2.29. The summed E-state index contributed by atoms with van der Waals surface area (Å²) in [4.78, 5) is 0. The Morgan fingerprint density at radius 1 is 1.15 bits per heavy atom. The molecule has 20 heavy (non-hydrogen) atoms. The van der Waals surface area contributed by atoms with Gasteiger partial charge in [-0.25, -0.2) is 0 Å². The van der Waals surface area contributed by atoms with Crippen LogP contribution in [0, 0.1) is 12.8 Å². The van der Waals surface area contributed by atoms with Crippen LogP contribution >= 0.6 is 0 Å². The summed E-state index contributed by atoms with van der Waals surface area (Å²) in [5.74, 6) is 1.92. The fraction of sp³-hybridized carbons (Fsp3) is 0.667. The zero-order valence-corrected chi connectivity index (χ0v) is 12.7. The molecule has 1 unspecified atom stereocenters. The third-order valence-electron chi connectivity index (χ3n) is 4.79. The molecule has 2 heteroatoms. The number of nitrogens with one attached hydrogen (secondary N) is 1. The van der Waals surface area contributed by atoms with E-state index in [1.165, 1.54) is 56.2 Å². The van der Waals surface area contributed by atoms with Crippen LogP contribution in [0.25, 0.3) is 0 Å². The summed E-state index contributed by atoms with van der Waals surface area (Å²) >= 11 is 0. The lowest BCUT2D eigenvalue weighted by Gasteiger charge is -2.27. The number of rotatable bonds is 5. The normalized spacial score (nSPS) is 23.4. The molecule has 1 aromatic rings. The Balaban J connectivity index is 1.64. The van der Waals surface area contributed by atoms with E-state index in [1.54, 1.807) is 0 Å². The molecule has 0 radical (unpaired) electrons. The summed E-state index contributed by atoms with van der Waals surface area (Å²) in [7, 11) is 0. The van der Waals surface area contributed by atoms with Gasteiger partial charge < -0.3 is 10.1 Å². The van der Waals surface area contributed by atoms with Gasteiger partial charge in [-0.15, -0.1) is 0 Å². The van der Waals surface area contributed by atoms with Gasteiger partial charge >= 0.3 is 0 Å². The maximum atomic E-state index is 6.11. The van der Waals surface area contributed by atoms with Gasteiger partial charge in [-0.3, -0.25) is 0 Å².